The van der Waals surface area contributed by atoms with Gasteiger partial charge in [-0.3, -0.25) is 0 Å². The second-order valence-electron chi connectivity index (χ2n) is 3.37. The quantitative estimate of drug-likeness (QED) is 0.635. The van der Waals surface area contributed by atoms with Gasteiger partial charge in [-0.2, -0.15) is 0 Å². The molecule has 0 aliphatic heterocycles. The SMILES string of the molecule is CCCC1CCCC1NC. The molecule has 1 saturated carbocycles. The fraction of sp³-hybridized carbons (Fsp3) is 1.00. The lowest BCUT2D eigenvalue weighted by atomic mass is 9.98. The summed E-state index contributed by atoms with van der Waals surface area (Å²) in [5.41, 5.74) is 0. The van der Waals surface area contributed by atoms with Crippen molar-refractivity contribution < 1.29 is 0 Å². The molecule has 2 unspecified atom stereocenters. The van der Waals surface area contributed by atoms with Crippen LogP contribution in [0.15, 0.2) is 0 Å². The van der Waals surface area contributed by atoms with E-state index >= 15 is 0 Å². The van der Waals surface area contributed by atoms with Gasteiger partial charge in [0, 0.05) is 6.04 Å². The van der Waals surface area contributed by atoms with E-state index in [1.54, 1.807) is 0 Å². The Balaban J connectivity index is 2.27. The first-order chi connectivity index (χ1) is 4.88. The maximum Gasteiger partial charge on any atom is 0.00923 e. The zero-order valence-corrected chi connectivity index (χ0v) is 7.19. The number of hydrogen-bond acceptors (Lipinski definition) is 1. The van der Waals surface area contributed by atoms with Gasteiger partial charge in [-0.15, -0.1) is 0 Å². The average Bonchev–Trinajstić information content (AvgIpc) is 2.36. The van der Waals surface area contributed by atoms with Crippen molar-refractivity contribution in [1.82, 2.24) is 5.32 Å². The van der Waals surface area contributed by atoms with Gasteiger partial charge in [0.1, 0.15) is 0 Å². The van der Waals surface area contributed by atoms with Gasteiger partial charge in [0.05, 0.1) is 0 Å². The van der Waals surface area contributed by atoms with Crippen LogP contribution in [-0.4, -0.2) is 13.1 Å². The maximum absolute atomic E-state index is 3.40. The van der Waals surface area contributed by atoms with Gasteiger partial charge in [0.15, 0.2) is 0 Å². The van der Waals surface area contributed by atoms with E-state index in [4.69, 9.17) is 0 Å². The van der Waals surface area contributed by atoms with Gasteiger partial charge >= 0.3 is 0 Å². The van der Waals surface area contributed by atoms with E-state index in [1.165, 1.54) is 32.1 Å². The monoisotopic (exact) mass is 141 g/mol. The summed E-state index contributed by atoms with van der Waals surface area (Å²) in [6.07, 6.45) is 7.07. The summed E-state index contributed by atoms with van der Waals surface area (Å²) in [5, 5.41) is 3.40. The van der Waals surface area contributed by atoms with Crippen LogP contribution >= 0.6 is 0 Å². The minimum Gasteiger partial charge on any atom is -0.317 e. The predicted molar refractivity (Wildman–Crippen MR) is 45.1 cm³/mol. The van der Waals surface area contributed by atoms with E-state index in [0.29, 0.717) is 0 Å². The van der Waals surface area contributed by atoms with Gasteiger partial charge in [0.2, 0.25) is 0 Å². The molecule has 0 aromatic carbocycles. The van der Waals surface area contributed by atoms with Crippen molar-refractivity contribution in [3.63, 3.8) is 0 Å². The number of rotatable bonds is 3. The molecule has 0 heterocycles. The van der Waals surface area contributed by atoms with Crippen LogP contribution in [-0.2, 0) is 0 Å². The summed E-state index contributed by atoms with van der Waals surface area (Å²) in [6.45, 7) is 2.28. The highest BCUT2D eigenvalue weighted by Gasteiger charge is 2.24. The predicted octanol–water partition coefficient (Wildman–Crippen LogP) is 2.17. The Labute approximate surface area is 64.2 Å². The van der Waals surface area contributed by atoms with Crippen molar-refractivity contribution in [2.45, 2.75) is 45.1 Å². The number of hydrogen-bond donors (Lipinski definition) is 1. The Bertz CT molecular complexity index is 90.7. The van der Waals surface area contributed by atoms with Crippen LogP contribution in [0, 0.1) is 5.92 Å². The molecule has 0 bridgehead atoms. The summed E-state index contributed by atoms with van der Waals surface area (Å²) in [4.78, 5) is 0. The van der Waals surface area contributed by atoms with Crippen molar-refractivity contribution in [2.24, 2.45) is 5.92 Å². The van der Waals surface area contributed by atoms with E-state index in [2.05, 4.69) is 19.3 Å². The molecular formula is C9H19N. The van der Waals surface area contributed by atoms with E-state index in [0.717, 1.165) is 12.0 Å². The molecule has 1 aliphatic rings. The third-order valence-electron chi connectivity index (χ3n) is 2.69. The molecule has 0 spiro atoms. The molecule has 1 heteroatoms. The average molecular weight is 141 g/mol. The smallest absolute Gasteiger partial charge is 0.00923 e. The first kappa shape index (κ1) is 8.06. The summed E-state index contributed by atoms with van der Waals surface area (Å²) >= 11 is 0. The maximum atomic E-state index is 3.40. The van der Waals surface area contributed by atoms with Gasteiger partial charge < -0.3 is 5.32 Å². The van der Waals surface area contributed by atoms with Crippen LogP contribution in [0.4, 0.5) is 0 Å². The zero-order chi connectivity index (χ0) is 7.40. The van der Waals surface area contributed by atoms with Crippen LogP contribution < -0.4 is 5.32 Å². The highest BCUT2D eigenvalue weighted by molar-refractivity contribution is 4.81. The molecular weight excluding hydrogens is 122 g/mol. The van der Waals surface area contributed by atoms with Gasteiger partial charge in [-0.25, -0.2) is 0 Å². The molecule has 10 heavy (non-hydrogen) atoms. The van der Waals surface area contributed by atoms with E-state index in [1.807, 2.05) is 0 Å². The Morgan fingerprint density at radius 1 is 1.40 bits per heavy atom. The minimum atomic E-state index is 0.833. The van der Waals surface area contributed by atoms with Crippen molar-refractivity contribution in [3.8, 4) is 0 Å². The largest absolute Gasteiger partial charge is 0.317 e. The standard InChI is InChI=1S/C9H19N/c1-3-5-8-6-4-7-9(8)10-2/h8-10H,3-7H2,1-2H3. The molecule has 1 aliphatic carbocycles. The van der Waals surface area contributed by atoms with E-state index in [-0.39, 0.29) is 0 Å². The van der Waals surface area contributed by atoms with E-state index in [9.17, 15) is 0 Å². The highest BCUT2D eigenvalue weighted by Crippen LogP contribution is 2.28. The second-order valence-corrected chi connectivity index (χ2v) is 3.37. The molecule has 0 radical (unpaired) electrons. The summed E-state index contributed by atoms with van der Waals surface area (Å²) in [7, 11) is 2.10. The van der Waals surface area contributed by atoms with Crippen molar-refractivity contribution in [3.05, 3.63) is 0 Å². The molecule has 0 saturated heterocycles. The van der Waals surface area contributed by atoms with Crippen LogP contribution in [0.2, 0.25) is 0 Å². The van der Waals surface area contributed by atoms with Crippen LogP contribution in [0.5, 0.6) is 0 Å². The minimum absolute atomic E-state index is 0.833. The molecule has 1 fully saturated rings. The Kier molecular flexibility index (Phi) is 3.20. The molecule has 0 aromatic rings. The van der Waals surface area contributed by atoms with Crippen LogP contribution in [0.1, 0.15) is 39.0 Å². The summed E-state index contributed by atoms with van der Waals surface area (Å²) in [6, 6.07) is 0.833. The van der Waals surface area contributed by atoms with Crippen molar-refractivity contribution in [2.75, 3.05) is 7.05 Å². The fourth-order valence-electron chi connectivity index (χ4n) is 2.13. The second kappa shape index (κ2) is 3.97. The van der Waals surface area contributed by atoms with Crippen molar-refractivity contribution >= 4 is 0 Å². The van der Waals surface area contributed by atoms with E-state index < -0.39 is 0 Å². The lowest BCUT2D eigenvalue weighted by molar-refractivity contribution is 0.397. The molecule has 2 atom stereocenters. The third kappa shape index (κ3) is 1.72. The molecule has 0 amide bonds. The summed E-state index contributed by atoms with van der Waals surface area (Å²) in [5.74, 6) is 0.981. The Morgan fingerprint density at radius 2 is 2.20 bits per heavy atom. The molecule has 1 N–H and O–H groups in total. The molecule has 60 valence electrons. The Morgan fingerprint density at radius 3 is 2.80 bits per heavy atom. The lowest BCUT2D eigenvalue weighted by Gasteiger charge is -2.17. The fourth-order valence-corrected chi connectivity index (χ4v) is 2.13. The first-order valence-corrected chi connectivity index (χ1v) is 4.55. The van der Waals surface area contributed by atoms with Gasteiger partial charge in [-0.05, 0) is 32.2 Å². The van der Waals surface area contributed by atoms with Gasteiger partial charge in [0.25, 0.3) is 0 Å². The highest BCUT2D eigenvalue weighted by atomic mass is 14.9. The van der Waals surface area contributed by atoms with Crippen LogP contribution in [0.25, 0.3) is 0 Å². The molecule has 0 aromatic heterocycles. The van der Waals surface area contributed by atoms with Crippen LogP contribution in [0.3, 0.4) is 0 Å². The summed E-state index contributed by atoms with van der Waals surface area (Å²) < 4.78 is 0. The van der Waals surface area contributed by atoms with Gasteiger partial charge in [-0.1, -0.05) is 19.8 Å². The zero-order valence-electron chi connectivity index (χ0n) is 7.19. The van der Waals surface area contributed by atoms with Crippen molar-refractivity contribution in [1.29, 1.82) is 0 Å². The first-order valence-electron chi connectivity index (χ1n) is 4.55. The topological polar surface area (TPSA) is 12.0 Å². The molecule has 1 nitrogen and oxygen atoms in total. The number of nitrogens with one attached hydrogen (secondary N) is 1. The third-order valence-corrected chi connectivity index (χ3v) is 2.69. The lowest BCUT2D eigenvalue weighted by Crippen LogP contribution is -2.28. The molecule has 1 rings (SSSR count). The normalized spacial score (nSPS) is 33.0. The Hall–Kier alpha value is -0.0400.